The molecule has 0 spiro atoms. The van der Waals surface area contributed by atoms with E-state index in [9.17, 15) is 4.79 Å². The molecule has 158 valence electrons. The van der Waals surface area contributed by atoms with E-state index in [2.05, 4.69) is 22.4 Å². The van der Waals surface area contributed by atoms with Gasteiger partial charge in [0.2, 0.25) is 0 Å². The van der Waals surface area contributed by atoms with E-state index in [0.717, 1.165) is 44.3 Å². The van der Waals surface area contributed by atoms with Crippen LogP contribution in [0.4, 0.5) is 11.4 Å². The Morgan fingerprint density at radius 1 is 0.758 bits per heavy atom. The van der Waals surface area contributed by atoms with Crippen LogP contribution in [0.5, 0.6) is 0 Å². The topological polar surface area (TPSA) is 96.7 Å². The van der Waals surface area contributed by atoms with E-state index in [4.69, 9.17) is 15.7 Å². The number of H-pyrrole nitrogens is 1. The summed E-state index contributed by atoms with van der Waals surface area (Å²) in [6, 6.07) is 29.5. The zero-order chi connectivity index (χ0) is 22.4. The van der Waals surface area contributed by atoms with Gasteiger partial charge in [-0.15, -0.1) is 0 Å². The summed E-state index contributed by atoms with van der Waals surface area (Å²) in [4.78, 5) is 24.7. The van der Waals surface area contributed by atoms with Crippen molar-refractivity contribution in [3.63, 3.8) is 0 Å². The van der Waals surface area contributed by atoms with Crippen LogP contribution < -0.4 is 11.1 Å². The summed E-state index contributed by atoms with van der Waals surface area (Å²) in [6.45, 7) is 0. The van der Waals surface area contributed by atoms with Crippen molar-refractivity contribution in [1.29, 1.82) is 0 Å². The molecule has 4 N–H and O–H groups in total. The zero-order valence-electron chi connectivity index (χ0n) is 17.5. The Bertz CT molecular complexity index is 1630. The lowest BCUT2D eigenvalue weighted by Gasteiger charge is -2.15. The van der Waals surface area contributed by atoms with Crippen LogP contribution in [0.15, 0.2) is 91.0 Å². The number of nitrogens with one attached hydrogen (secondary N) is 2. The Balaban J connectivity index is 1.54. The first-order valence-electron chi connectivity index (χ1n) is 10.6. The maximum atomic E-state index is 11.9. The molecule has 2 aromatic heterocycles. The van der Waals surface area contributed by atoms with Gasteiger partial charge in [-0.25, -0.2) is 9.97 Å². The number of aromatic amines is 1. The summed E-state index contributed by atoms with van der Waals surface area (Å²) in [5.41, 5.74) is 11.9. The van der Waals surface area contributed by atoms with Gasteiger partial charge in [0.15, 0.2) is 0 Å². The standard InChI is InChI=1S/C27H19N5O/c28-26(33)19-11-7-15-23-25(19)32-27(31-23)18-10-3-6-14-22(18)30-24-16-8-1-4-12-20(16)29-21-13-5-2-9-17(21)24/h1-15H,(H2,28,33)(H,29,30)(H,31,32). The third-order valence-corrected chi connectivity index (χ3v) is 5.81. The van der Waals surface area contributed by atoms with Gasteiger partial charge in [-0.2, -0.15) is 0 Å². The normalized spacial score (nSPS) is 11.3. The summed E-state index contributed by atoms with van der Waals surface area (Å²) in [5.74, 6) is 0.157. The fraction of sp³-hybridized carbons (Fsp3) is 0. The first-order valence-corrected chi connectivity index (χ1v) is 10.6. The maximum Gasteiger partial charge on any atom is 0.250 e. The number of carbonyl (C=O) groups excluding carboxylic acids is 1. The Labute approximate surface area is 189 Å². The van der Waals surface area contributed by atoms with Crippen LogP contribution in [-0.2, 0) is 0 Å². The number of hydrogen-bond acceptors (Lipinski definition) is 4. The summed E-state index contributed by atoms with van der Waals surface area (Å²) < 4.78 is 0. The summed E-state index contributed by atoms with van der Waals surface area (Å²) in [7, 11) is 0. The molecule has 0 fully saturated rings. The van der Waals surface area contributed by atoms with Gasteiger partial charge in [-0.1, -0.05) is 54.6 Å². The molecule has 0 radical (unpaired) electrons. The number of imidazole rings is 1. The van der Waals surface area contributed by atoms with E-state index in [1.54, 1.807) is 12.1 Å². The first-order chi connectivity index (χ1) is 16.2. The molecule has 6 aromatic rings. The van der Waals surface area contributed by atoms with E-state index in [0.29, 0.717) is 16.9 Å². The number of hydrogen-bond donors (Lipinski definition) is 3. The predicted molar refractivity (Wildman–Crippen MR) is 133 cm³/mol. The van der Waals surface area contributed by atoms with Crippen molar-refractivity contribution in [3.05, 3.63) is 96.6 Å². The van der Waals surface area contributed by atoms with Gasteiger partial charge in [-0.05, 0) is 36.4 Å². The summed E-state index contributed by atoms with van der Waals surface area (Å²) in [5, 5.41) is 5.71. The minimum absolute atomic E-state index is 0.395. The Hall–Kier alpha value is -4.71. The molecule has 0 unspecified atom stereocenters. The number of fused-ring (bicyclic) bond motifs is 3. The fourth-order valence-electron chi connectivity index (χ4n) is 4.27. The Kier molecular flexibility index (Phi) is 4.30. The van der Waals surface area contributed by atoms with Gasteiger partial charge in [0.05, 0.1) is 27.8 Å². The van der Waals surface area contributed by atoms with Crippen LogP contribution in [0.2, 0.25) is 0 Å². The molecule has 1 amide bonds. The van der Waals surface area contributed by atoms with Crippen LogP contribution in [0, 0.1) is 0 Å². The average Bonchev–Trinajstić information content (AvgIpc) is 3.28. The number of benzene rings is 4. The van der Waals surface area contributed by atoms with Crippen molar-refractivity contribution in [2.45, 2.75) is 0 Å². The minimum atomic E-state index is -0.500. The van der Waals surface area contributed by atoms with Crippen molar-refractivity contribution >= 4 is 50.1 Å². The summed E-state index contributed by atoms with van der Waals surface area (Å²) in [6.07, 6.45) is 0. The zero-order valence-corrected chi connectivity index (χ0v) is 17.5. The highest BCUT2D eigenvalue weighted by Gasteiger charge is 2.16. The van der Waals surface area contributed by atoms with Crippen molar-refractivity contribution in [1.82, 2.24) is 15.0 Å². The van der Waals surface area contributed by atoms with Gasteiger partial charge in [-0.3, -0.25) is 4.79 Å². The maximum absolute atomic E-state index is 11.9. The molecule has 4 aromatic carbocycles. The van der Waals surface area contributed by atoms with Gasteiger partial charge >= 0.3 is 0 Å². The van der Waals surface area contributed by atoms with Crippen molar-refractivity contribution in [3.8, 4) is 11.4 Å². The molecule has 0 saturated heterocycles. The number of nitrogens with zero attached hydrogens (tertiary/aromatic N) is 2. The van der Waals surface area contributed by atoms with Crippen molar-refractivity contribution in [2.24, 2.45) is 5.73 Å². The highest BCUT2D eigenvalue weighted by Crippen LogP contribution is 2.36. The molecule has 33 heavy (non-hydrogen) atoms. The molecule has 0 aliphatic rings. The van der Waals surface area contributed by atoms with E-state index in [1.807, 2.05) is 66.7 Å². The molecule has 6 nitrogen and oxygen atoms in total. The molecule has 6 heteroatoms. The first kappa shape index (κ1) is 19.0. The lowest BCUT2D eigenvalue weighted by molar-refractivity contribution is 0.100. The molecule has 0 atom stereocenters. The smallest absolute Gasteiger partial charge is 0.250 e. The van der Waals surface area contributed by atoms with Crippen LogP contribution in [-0.4, -0.2) is 20.9 Å². The summed E-state index contributed by atoms with van der Waals surface area (Å²) >= 11 is 0. The van der Waals surface area contributed by atoms with Gasteiger partial charge in [0.25, 0.3) is 5.91 Å². The highest BCUT2D eigenvalue weighted by atomic mass is 16.1. The number of para-hydroxylation sites is 4. The Morgan fingerprint density at radius 3 is 2.15 bits per heavy atom. The number of aromatic nitrogens is 3. The monoisotopic (exact) mass is 429 g/mol. The number of carbonyl (C=O) groups is 1. The van der Waals surface area contributed by atoms with Crippen molar-refractivity contribution in [2.75, 3.05) is 5.32 Å². The number of nitrogens with two attached hydrogens (primary N) is 1. The molecule has 0 aliphatic heterocycles. The largest absolute Gasteiger partial charge is 0.366 e. The predicted octanol–water partition coefficient (Wildman–Crippen LogP) is 5.77. The number of anilines is 2. The second kappa shape index (κ2) is 7.46. The molecular formula is C27H19N5O. The minimum Gasteiger partial charge on any atom is -0.366 e. The number of amides is 1. The Morgan fingerprint density at radius 2 is 1.42 bits per heavy atom. The number of pyridine rings is 1. The third kappa shape index (κ3) is 3.16. The molecule has 0 bridgehead atoms. The van der Waals surface area contributed by atoms with Crippen molar-refractivity contribution < 1.29 is 4.79 Å². The van der Waals surface area contributed by atoms with Crippen LogP contribution in [0.1, 0.15) is 10.4 Å². The molecule has 2 heterocycles. The van der Waals surface area contributed by atoms with E-state index in [1.165, 1.54) is 0 Å². The van der Waals surface area contributed by atoms with Gasteiger partial charge in [0, 0.05) is 22.0 Å². The van der Waals surface area contributed by atoms with Crippen LogP contribution in [0.25, 0.3) is 44.2 Å². The second-order valence-electron chi connectivity index (χ2n) is 7.84. The lowest BCUT2D eigenvalue weighted by atomic mass is 10.1. The van der Waals surface area contributed by atoms with Gasteiger partial charge < -0.3 is 16.0 Å². The van der Waals surface area contributed by atoms with E-state index < -0.39 is 5.91 Å². The fourth-order valence-corrected chi connectivity index (χ4v) is 4.27. The third-order valence-electron chi connectivity index (χ3n) is 5.81. The second-order valence-corrected chi connectivity index (χ2v) is 7.84. The quantitative estimate of drug-likeness (QED) is 0.310. The number of rotatable bonds is 4. The highest BCUT2D eigenvalue weighted by molar-refractivity contribution is 6.09. The SMILES string of the molecule is NC(=O)c1cccc2[nH]c(-c3ccccc3Nc3c4ccccc4nc4ccccc34)nc12. The van der Waals surface area contributed by atoms with Gasteiger partial charge in [0.1, 0.15) is 11.3 Å². The van der Waals surface area contributed by atoms with Crippen LogP contribution in [0.3, 0.4) is 0 Å². The molecule has 0 saturated carbocycles. The lowest BCUT2D eigenvalue weighted by Crippen LogP contribution is -2.11. The van der Waals surface area contributed by atoms with E-state index >= 15 is 0 Å². The average molecular weight is 429 g/mol. The number of primary amides is 1. The van der Waals surface area contributed by atoms with Crippen LogP contribution >= 0.6 is 0 Å². The molecular weight excluding hydrogens is 410 g/mol. The molecule has 0 aliphatic carbocycles. The molecule has 6 rings (SSSR count). The van der Waals surface area contributed by atoms with E-state index in [-0.39, 0.29) is 0 Å².